The predicted octanol–water partition coefficient (Wildman–Crippen LogP) is 2.19. The molecule has 1 aliphatic carbocycles. The first kappa shape index (κ1) is 15.4. The average Bonchev–Trinajstić information content (AvgIpc) is 3.29. The van der Waals surface area contributed by atoms with Crippen molar-refractivity contribution in [1.29, 1.82) is 0 Å². The molecule has 1 aromatic rings. The van der Waals surface area contributed by atoms with E-state index in [1.807, 2.05) is 6.07 Å². The van der Waals surface area contributed by atoms with Crippen molar-refractivity contribution in [2.45, 2.75) is 45.4 Å². The Morgan fingerprint density at radius 2 is 2.15 bits per heavy atom. The van der Waals surface area contributed by atoms with Crippen molar-refractivity contribution in [3.63, 3.8) is 0 Å². The summed E-state index contributed by atoms with van der Waals surface area (Å²) in [4.78, 5) is 6.99. The van der Waals surface area contributed by atoms with Crippen LogP contribution >= 0.6 is 0 Å². The third-order valence-electron chi connectivity index (χ3n) is 3.61. The summed E-state index contributed by atoms with van der Waals surface area (Å²) >= 11 is 0. The molecule has 4 nitrogen and oxygen atoms in total. The molecular formula is C16H27N3O. The highest BCUT2D eigenvalue weighted by molar-refractivity contribution is 5.10. The van der Waals surface area contributed by atoms with E-state index in [1.165, 1.54) is 12.8 Å². The maximum absolute atomic E-state index is 5.72. The van der Waals surface area contributed by atoms with Crippen molar-refractivity contribution in [3.8, 4) is 0 Å². The van der Waals surface area contributed by atoms with Gasteiger partial charge in [-0.3, -0.25) is 4.98 Å². The number of likely N-dealkylation sites (N-methyl/N-ethyl adjacent to an activating group) is 1. The molecule has 1 N–H and O–H groups in total. The minimum Gasteiger partial charge on any atom is -0.374 e. The number of nitrogens with zero attached hydrogens (tertiary/aromatic N) is 2. The molecule has 0 saturated heterocycles. The lowest BCUT2D eigenvalue weighted by molar-refractivity contribution is 0.0956. The topological polar surface area (TPSA) is 37.4 Å². The van der Waals surface area contributed by atoms with E-state index >= 15 is 0 Å². The van der Waals surface area contributed by atoms with Crippen LogP contribution in [0.2, 0.25) is 0 Å². The van der Waals surface area contributed by atoms with Gasteiger partial charge in [0.1, 0.15) is 0 Å². The molecule has 0 unspecified atom stereocenters. The summed E-state index contributed by atoms with van der Waals surface area (Å²) in [5.41, 5.74) is 2.12. The lowest BCUT2D eigenvalue weighted by Crippen LogP contribution is -2.25. The second-order valence-electron chi connectivity index (χ2n) is 5.56. The van der Waals surface area contributed by atoms with Gasteiger partial charge in [-0.05, 0) is 45.0 Å². The third-order valence-corrected chi connectivity index (χ3v) is 3.61. The SMILES string of the molecule is CCCNCc1cccc(COCCN(C)C2CC2)n1. The Kier molecular flexibility index (Phi) is 6.43. The van der Waals surface area contributed by atoms with Crippen LogP contribution in [0.25, 0.3) is 0 Å². The lowest BCUT2D eigenvalue weighted by Gasteiger charge is -2.15. The summed E-state index contributed by atoms with van der Waals surface area (Å²) in [5.74, 6) is 0. The molecule has 0 aromatic carbocycles. The molecule has 1 heterocycles. The fraction of sp³-hybridized carbons (Fsp3) is 0.688. The molecule has 1 fully saturated rings. The van der Waals surface area contributed by atoms with Crippen LogP contribution in [0.3, 0.4) is 0 Å². The van der Waals surface area contributed by atoms with Gasteiger partial charge in [-0.1, -0.05) is 13.0 Å². The molecule has 0 aliphatic heterocycles. The zero-order valence-corrected chi connectivity index (χ0v) is 12.8. The molecule has 1 aromatic heterocycles. The van der Waals surface area contributed by atoms with Crippen LogP contribution in [0, 0.1) is 0 Å². The van der Waals surface area contributed by atoms with Crippen LogP contribution in [-0.2, 0) is 17.9 Å². The number of rotatable bonds is 10. The average molecular weight is 277 g/mol. The minimum absolute atomic E-state index is 0.611. The Hall–Kier alpha value is -0.970. The largest absolute Gasteiger partial charge is 0.374 e. The first-order chi connectivity index (χ1) is 9.79. The molecule has 0 radical (unpaired) electrons. The summed E-state index contributed by atoms with van der Waals surface area (Å²) in [6, 6.07) is 6.97. The van der Waals surface area contributed by atoms with Crippen LogP contribution in [0.5, 0.6) is 0 Å². The van der Waals surface area contributed by atoms with E-state index in [2.05, 4.69) is 41.3 Å². The van der Waals surface area contributed by atoms with Gasteiger partial charge < -0.3 is 15.0 Å². The van der Waals surface area contributed by atoms with Gasteiger partial charge >= 0.3 is 0 Å². The molecule has 0 spiro atoms. The standard InChI is InChI=1S/C16H27N3O/c1-3-9-17-12-14-5-4-6-15(18-14)13-20-11-10-19(2)16-7-8-16/h4-6,16-17H,3,7-13H2,1-2H3. The molecule has 1 aliphatic rings. The van der Waals surface area contributed by atoms with Gasteiger partial charge in [-0.2, -0.15) is 0 Å². The number of nitrogens with one attached hydrogen (secondary N) is 1. The molecule has 0 amide bonds. The Balaban J connectivity index is 1.65. The van der Waals surface area contributed by atoms with E-state index in [0.717, 1.165) is 50.1 Å². The molecule has 2 rings (SSSR count). The van der Waals surface area contributed by atoms with Crippen LogP contribution in [0.1, 0.15) is 37.6 Å². The fourth-order valence-electron chi connectivity index (χ4n) is 2.18. The highest BCUT2D eigenvalue weighted by Crippen LogP contribution is 2.24. The van der Waals surface area contributed by atoms with E-state index in [0.29, 0.717) is 6.61 Å². The second-order valence-corrected chi connectivity index (χ2v) is 5.56. The number of pyridine rings is 1. The number of aromatic nitrogens is 1. The highest BCUT2D eigenvalue weighted by atomic mass is 16.5. The highest BCUT2D eigenvalue weighted by Gasteiger charge is 2.25. The Labute approximate surface area is 122 Å². The predicted molar refractivity (Wildman–Crippen MR) is 81.5 cm³/mol. The molecule has 1 saturated carbocycles. The Morgan fingerprint density at radius 3 is 2.90 bits per heavy atom. The van der Waals surface area contributed by atoms with Crippen molar-refractivity contribution in [2.75, 3.05) is 26.7 Å². The van der Waals surface area contributed by atoms with Gasteiger partial charge in [0.05, 0.1) is 24.6 Å². The molecule has 112 valence electrons. The molecule has 20 heavy (non-hydrogen) atoms. The maximum Gasteiger partial charge on any atom is 0.0888 e. The normalized spacial score (nSPS) is 14.9. The van der Waals surface area contributed by atoms with Crippen molar-refractivity contribution in [3.05, 3.63) is 29.6 Å². The summed E-state index contributed by atoms with van der Waals surface area (Å²) in [7, 11) is 2.18. The van der Waals surface area contributed by atoms with Gasteiger partial charge in [0.25, 0.3) is 0 Å². The van der Waals surface area contributed by atoms with Gasteiger partial charge in [-0.25, -0.2) is 0 Å². The smallest absolute Gasteiger partial charge is 0.0888 e. The Morgan fingerprint density at radius 1 is 1.35 bits per heavy atom. The van der Waals surface area contributed by atoms with Crippen molar-refractivity contribution in [1.82, 2.24) is 15.2 Å². The summed E-state index contributed by atoms with van der Waals surface area (Å²) in [5, 5.41) is 3.37. The lowest BCUT2D eigenvalue weighted by atomic mass is 10.3. The zero-order chi connectivity index (χ0) is 14.2. The second kappa shape index (κ2) is 8.35. The Bertz CT molecular complexity index is 393. The van der Waals surface area contributed by atoms with Crippen molar-refractivity contribution >= 4 is 0 Å². The molecular weight excluding hydrogens is 250 g/mol. The summed E-state index contributed by atoms with van der Waals surface area (Å²) in [6.07, 6.45) is 3.85. The maximum atomic E-state index is 5.72. The fourth-order valence-corrected chi connectivity index (χ4v) is 2.18. The monoisotopic (exact) mass is 277 g/mol. The van der Waals surface area contributed by atoms with E-state index in [4.69, 9.17) is 4.74 Å². The number of ether oxygens (including phenoxy) is 1. The zero-order valence-electron chi connectivity index (χ0n) is 12.8. The summed E-state index contributed by atoms with van der Waals surface area (Å²) in [6.45, 7) is 6.46. The van der Waals surface area contributed by atoms with E-state index in [1.54, 1.807) is 0 Å². The van der Waals surface area contributed by atoms with Gasteiger partial charge in [-0.15, -0.1) is 0 Å². The van der Waals surface area contributed by atoms with Crippen molar-refractivity contribution in [2.24, 2.45) is 0 Å². The van der Waals surface area contributed by atoms with Crippen LogP contribution < -0.4 is 5.32 Å². The number of hydrogen-bond donors (Lipinski definition) is 1. The van der Waals surface area contributed by atoms with Gasteiger partial charge in [0.2, 0.25) is 0 Å². The van der Waals surface area contributed by atoms with Crippen LogP contribution in [0.15, 0.2) is 18.2 Å². The van der Waals surface area contributed by atoms with Crippen molar-refractivity contribution < 1.29 is 4.74 Å². The molecule has 0 atom stereocenters. The molecule has 4 heteroatoms. The third kappa shape index (κ3) is 5.57. The van der Waals surface area contributed by atoms with E-state index in [9.17, 15) is 0 Å². The number of hydrogen-bond acceptors (Lipinski definition) is 4. The first-order valence-corrected chi connectivity index (χ1v) is 7.73. The molecule has 0 bridgehead atoms. The quantitative estimate of drug-likeness (QED) is 0.665. The van der Waals surface area contributed by atoms with Crippen LogP contribution in [0.4, 0.5) is 0 Å². The summed E-state index contributed by atoms with van der Waals surface area (Å²) < 4.78 is 5.72. The van der Waals surface area contributed by atoms with E-state index < -0.39 is 0 Å². The minimum atomic E-state index is 0.611. The van der Waals surface area contributed by atoms with Gasteiger partial charge in [0, 0.05) is 19.1 Å². The van der Waals surface area contributed by atoms with E-state index in [-0.39, 0.29) is 0 Å². The van der Waals surface area contributed by atoms with Crippen LogP contribution in [-0.4, -0.2) is 42.7 Å². The first-order valence-electron chi connectivity index (χ1n) is 7.73. The van der Waals surface area contributed by atoms with Gasteiger partial charge in [0.15, 0.2) is 0 Å².